The van der Waals surface area contributed by atoms with E-state index in [-0.39, 0.29) is 18.2 Å². The minimum absolute atomic E-state index is 0.131. The van der Waals surface area contributed by atoms with Crippen molar-refractivity contribution < 1.29 is 18.3 Å². The molecule has 1 aliphatic rings. The van der Waals surface area contributed by atoms with Crippen LogP contribution in [0.1, 0.15) is 25.3 Å². The molecule has 1 heterocycles. The third-order valence-corrected chi connectivity index (χ3v) is 5.21. The van der Waals surface area contributed by atoms with Crippen molar-refractivity contribution in [3.63, 3.8) is 0 Å². The van der Waals surface area contributed by atoms with E-state index in [1.807, 2.05) is 19.1 Å². The molecule has 6 heteroatoms. The van der Waals surface area contributed by atoms with Crippen molar-refractivity contribution in [1.82, 2.24) is 0 Å². The number of sulfonamides is 1. The van der Waals surface area contributed by atoms with Gasteiger partial charge in [0, 0.05) is 6.04 Å². The van der Waals surface area contributed by atoms with E-state index in [1.54, 1.807) is 12.1 Å². The highest BCUT2D eigenvalue weighted by molar-refractivity contribution is 7.92. The zero-order valence-corrected chi connectivity index (χ0v) is 11.6. The van der Waals surface area contributed by atoms with Gasteiger partial charge in [-0.2, -0.15) is 0 Å². The highest BCUT2D eigenvalue weighted by atomic mass is 32.2. The molecule has 1 unspecified atom stereocenters. The summed E-state index contributed by atoms with van der Waals surface area (Å²) >= 11 is 0. The topological polar surface area (TPSA) is 74.7 Å². The van der Waals surface area contributed by atoms with E-state index in [9.17, 15) is 13.2 Å². The van der Waals surface area contributed by atoms with Gasteiger partial charge in [0.15, 0.2) is 0 Å². The van der Waals surface area contributed by atoms with Crippen molar-refractivity contribution >= 4 is 21.7 Å². The van der Waals surface area contributed by atoms with Gasteiger partial charge in [0.25, 0.3) is 0 Å². The second-order valence-electron chi connectivity index (χ2n) is 4.77. The highest BCUT2D eigenvalue weighted by Gasteiger charge is 2.32. The van der Waals surface area contributed by atoms with Crippen LogP contribution in [-0.4, -0.2) is 31.3 Å². The first-order chi connectivity index (χ1) is 8.92. The number of hydrogen-bond acceptors (Lipinski definition) is 3. The summed E-state index contributed by atoms with van der Waals surface area (Å²) < 4.78 is 26.0. The number of hydrogen-bond donors (Lipinski definition) is 1. The molecule has 2 rings (SSSR count). The Kier molecular flexibility index (Phi) is 3.80. The number of carboxylic acids is 1. The van der Waals surface area contributed by atoms with Crippen molar-refractivity contribution in [3.8, 4) is 0 Å². The van der Waals surface area contributed by atoms with Crippen LogP contribution in [-0.2, 0) is 21.2 Å². The van der Waals surface area contributed by atoms with Crippen LogP contribution in [0.5, 0.6) is 0 Å². The number of fused-ring (bicyclic) bond motifs is 1. The van der Waals surface area contributed by atoms with Gasteiger partial charge in [-0.1, -0.05) is 18.2 Å². The highest BCUT2D eigenvalue weighted by Crippen LogP contribution is 2.32. The van der Waals surface area contributed by atoms with Crippen molar-refractivity contribution in [2.75, 3.05) is 10.1 Å². The maximum Gasteiger partial charge on any atom is 0.304 e. The number of aryl methyl sites for hydroxylation is 1. The maximum absolute atomic E-state index is 12.3. The lowest BCUT2D eigenvalue weighted by Crippen LogP contribution is -2.43. The average molecular weight is 283 g/mol. The molecule has 0 amide bonds. The fourth-order valence-electron chi connectivity index (χ4n) is 2.39. The number of carboxylic acid groups (broad SMARTS) is 1. The van der Waals surface area contributed by atoms with E-state index in [1.165, 1.54) is 4.31 Å². The molecule has 1 N–H and O–H groups in total. The van der Waals surface area contributed by atoms with Crippen molar-refractivity contribution in [2.45, 2.75) is 32.2 Å². The van der Waals surface area contributed by atoms with E-state index in [0.717, 1.165) is 18.4 Å². The Labute approximate surface area is 112 Å². The van der Waals surface area contributed by atoms with Crippen LogP contribution >= 0.6 is 0 Å². The van der Waals surface area contributed by atoms with Gasteiger partial charge in [-0.15, -0.1) is 0 Å². The maximum atomic E-state index is 12.3. The fourth-order valence-corrected chi connectivity index (χ4v) is 4.16. The first-order valence-corrected chi connectivity index (χ1v) is 7.84. The number of benzene rings is 1. The Hall–Kier alpha value is -1.56. The molecule has 0 fully saturated rings. The number of carbonyl (C=O) groups is 1. The summed E-state index contributed by atoms with van der Waals surface area (Å²) in [5, 5.41) is 8.65. The van der Waals surface area contributed by atoms with Crippen LogP contribution in [0.4, 0.5) is 5.69 Å². The molecule has 1 aromatic carbocycles. The summed E-state index contributed by atoms with van der Waals surface area (Å²) in [4.78, 5) is 10.6. The predicted molar refractivity (Wildman–Crippen MR) is 72.7 cm³/mol. The van der Waals surface area contributed by atoms with Gasteiger partial charge in [-0.25, -0.2) is 8.42 Å². The summed E-state index contributed by atoms with van der Waals surface area (Å²) in [5.41, 5.74) is 1.69. The molecule has 19 heavy (non-hydrogen) atoms. The molecule has 0 radical (unpaired) electrons. The van der Waals surface area contributed by atoms with Crippen LogP contribution in [0, 0.1) is 0 Å². The minimum atomic E-state index is -3.59. The lowest BCUT2D eigenvalue weighted by molar-refractivity contribution is -0.136. The van der Waals surface area contributed by atoms with Crippen LogP contribution in [0.15, 0.2) is 24.3 Å². The second-order valence-corrected chi connectivity index (χ2v) is 6.74. The molecule has 0 aliphatic carbocycles. The van der Waals surface area contributed by atoms with E-state index < -0.39 is 16.0 Å². The van der Waals surface area contributed by atoms with Crippen LogP contribution in [0.25, 0.3) is 0 Å². The summed E-state index contributed by atoms with van der Waals surface area (Å²) in [5.74, 6) is -1.46. The van der Waals surface area contributed by atoms with Gasteiger partial charge in [-0.3, -0.25) is 9.10 Å². The average Bonchev–Trinajstić information content (AvgIpc) is 2.36. The lowest BCUT2D eigenvalue weighted by atomic mass is 9.99. The zero-order valence-electron chi connectivity index (χ0n) is 10.7. The molecular weight excluding hydrogens is 266 g/mol. The smallest absolute Gasteiger partial charge is 0.304 e. The first kappa shape index (κ1) is 13.9. The minimum Gasteiger partial charge on any atom is -0.481 e. The Morgan fingerprint density at radius 3 is 2.79 bits per heavy atom. The molecule has 1 aromatic rings. The molecule has 0 spiro atoms. The van der Waals surface area contributed by atoms with Gasteiger partial charge < -0.3 is 5.11 Å². The molecule has 104 valence electrons. The standard InChI is InChI=1S/C13H17NO4S/c1-10-6-7-11-4-2-3-5-12(11)14(10)19(17,18)9-8-13(15)16/h2-5,10H,6-9H2,1H3,(H,15,16). The Bertz CT molecular complexity index is 582. The second kappa shape index (κ2) is 5.21. The molecule has 5 nitrogen and oxygen atoms in total. The summed E-state index contributed by atoms with van der Waals surface area (Å²) in [6.07, 6.45) is 1.24. The van der Waals surface area contributed by atoms with Gasteiger partial charge >= 0.3 is 5.97 Å². The summed E-state index contributed by atoms with van der Waals surface area (Å²) in [7, 11) is -3.59. The van der Waals surface area contributed by atoms with E-state index in [0.29, 0.717) is 5.69 Å². The van der Waals surface area contributed by atoms with Gasteiger partial charge in [0.2, 0.25) is 10.0 Å². The van der Waals surface area contributed by atoms with Crippen molar-refractivity contribution in [3.05, 3.63) is 29.8 Å². The van der Waals surface area contributed by atoms with E-state index >= 15 is 0 Å². The SMILES string of the molecule is CC1CCc2ccccc2N1S(=O)(=O)CCC(=O)O. The Balaban J connectivity index is 2.35. The normalized spacial score (nSPS) is 19.0. The number of aliphatic carboxylic acids is 1. The van der Waals surface area contributed by atoms with Crippen LogP contribution in [0.2, 0.25) is 0 Å². The molecule has 1 aliphatic heterocycles. The van der Waals surface area contributed by atoms with Gasteiger partial charge in [-0.05, 0) is 31.4 Å². The molecule has 0 saturated carbocycles. The summed E-state index contributed by atoms with van der Waals surface area (Å²) in [6, 6.07) is 7.26. The van der Waals surface area contributed by atoms with Crippen molar-refractivity contribution in [2.24, 2.45) is 0 Å². The largest absolute Gasteiger partial charge is 0.481 e. The Morgan fingerprint density at radius 1 is 1.42 bits per heavy atom. The van der Waals surface area contributed by atoms with Gasteiger partial charge in [0.1, 0.15) is 0 Å². The third-order valence-electron chi connectivity index (χ3n) is 3.33. The number of nitrogens with zero attached hydrogens (tertiary/aromatic N) is 1. The molecule has 0 saturated heterocycles. The third kappa shape index (κ3) is 2.89. The number of anilines is 1. The number of rotatable bonds is 4. The molecule has 0 bridgehead atoms. The van der Waals surface area contributed by atoms with Crippen molar-refractivity contribution in [1.29, 1.82) is 0 Å². The van der Waals surface area contributed by atoms with Crippen LogP contribution < -0.4 is 4.31 Å². The van der Waals surface area contributed by atoms with Crippen LogP contribution in [0.3, 0.4) is 0 Å². The van der Waals surface area contributed by atoms with E-state index in [2.05, 4.69) is 0 Å². The first-order valence-electron chi connectivity index (χ1n) is 6.23. The lowest BCUT2D eigenvalue weighted by Gasteiger charge is -2.35. The monoisotopic (exact) mass is 283 g/mol. The fraction of sp³-hybridized carbons (Fsp3) is 0.462. The number of para-hydroxylation sites is 1. The zero-order chi connectivity index (χ0) is 14.0. The molecular formula is C13H17NO4S. The molecule has 1 atom stereocenters. The summed E-state index contributed by atoms with van der Waals surface area (Å²) in [6.45, 7) is 1.86. The quantitative estimate of drug-likeness (QED) is 0.911. The van der Waals surface area contributed by atoms with Gasteiger partial charge in [0.05, 0.1) is 17.9 Å². The Morgan fingerprint density at radius 2 is 2.11 bits per heavy atom. The molecule has 0 aromatic heterocycles. The predicted octanol–water partition coefficient (Wildman–Crippen LogP) is 1.63. The van der Waals surface area contributed by atoms with E-state index in [4.69, 9.17) is 5.11 Å².